The topological polar surface area (TPSA) is 132 Å². The smallest absolute Gasteiger partial charge is 0.475 e. The van der Waals surface area contributed by atoms with Crippen LogP contribution in [0.1, 0.15) is 17.1 Å². The van der Waals surface area contributed by atoms with Gasteiger partial charge in [0.25, 0.3) is 5.89 Å². The van der Waals surface area contributed by atoms with Gasteiger partial charge in [-0.05, 0) is 24.6 Å². The van der Waals surface area contributed by atoms with Crippen molar-refractivity contribution in [3.8, 4) is 17.1 Å². The van der Waals surface area contributed by atoms with Crippen molar-refractivity contribution in [1.82, 2.24) is 25.4 Å². The average Bonchev–Trinajstić information content (AvgIpc) is 3.55. The zero-order valence-electron chi connectivity index (χ0n) is 18.6. The number of aromatic nitrogens is 3. The van der Waals surface area contributed by atoms with Crippen LogP contribution in [0.25, 0.3) is 11.3 Å². The zero-order chi connectivity index (χ0) is 27.2. The van der Waals surface area contributed by atoms with Gasteiger partial charge in [0.1, 0.15) is 5.75 Å². The molecule has 3 N–H and O–H groups in total. The lowest BCUT2D eigenvalue weighted by molar-refractivity contribution is -0.274. The van der Waals surface area contributed by atoms with Crippen molar-refractivity contribution in [2.45, 2.75) is 37.6 Å². The molecular formula is C21H19F6N5O5. The van der Waals surface area contributed by atoms with Crippen LogP contribution in [0.15, 0.2) is 53.3 Å². The summed E-state index contributed by atoms with van der Waals surface area (Å²) in [6, 6.07) is 7.18. The van der Waals surface area contributed by atoms with Gasteiger partial charge in [-0.3, -0.25) is 9.48 Å². The summed E-state index contributed by atoms with van der Waals surface area (Å²) in [4.78, 5) is 25.3. The summed E-state index contributed by atoms with van der Waals surface area (Å²) in [5.41, 5.74) is 0.310. The molecule has 0 unspecified atom stereocenters. The molecule has 1 amide bonds. The summed E-state index contributed by atoms with van der Waals surface area (Å²) >= 11 is 0. The number of carbonyl (C=O) groups excluding carboxylic acids is 1. The molecule has 1 aliphatic rings. The molecule has 0 bridgehead atoms. The van der Waals surface area contributed by atoms with Gasteiger partial charge in [0.05, 0.1) is 12.7 Å². The third-order valence-corrected chi connectivity index (χ3v) is 4.82. The maximum atomic E-state index is 12.4. The lowest BCUT2D eigenvalue weighted by Gasteiger charge is -2.11. The van der Waals surface area contributed by atoms with Crippen LogP contribution in [0, 0.1) is 0 Å². The van der Waals surface area contributed by atoms with Crippen molar-refractivity contribution in [3.63, 3.8) is 0 Å². The van der Waals surface area contributed by atoms with E-state index in [2.05, 4.69) is 25.5 Å². The summed E-state index contributed by atoms with van der Waals surface area (Å²) < 4.78 is 80.1. The molecule has 1 aliphatic heterocycles. The molecule has 3 aromatic rings. The number of hydrogen-bond acceptors (Lipinski definition) is 7. The van der Waals surface area contributed by atoms with Gasteiger partial charge in [-0.1, -0.05) is 12.1 Å². The number of carbonyl (C=O) groups is 2. The number of carboxylic acid groups (broad SMARTS) is 1. The summed E-state index contributed by atoms with van der Waals surface area (Å²) in [6.45, 7) is 1.29. The molecule has 2 atom stereocenters. The Hall–Kier alpha value is -4.08. The first-order valence-corrected chi connectivity index (χ1v) is 10.4. The second kappa shape index (κ2) is 11.3. The van der Waals surface area contributed by atoms with E-state index in [1.807, 2.05) is 16.9 Å². The number of aliphatic carboxylic acids is 1. The molecule has 16 heteroatoms. The van der Waals surface area contributed by atoms with Crippen molar-refractivity contribution in [1.29, 1.82) is 0 Å². The van der Waals surface area contributed by atoms with Crippen LogP contribution in [0.2, 0.25) is 0 Å². The number of halogens is 6. The number of benzene rings is 1. The van der Waals surface area contributed by atoms with Gasteiger partial charge in [0.2, 0.25) is 0 Å². The van der Waals surface area contributed by atoms with E-state index in [0.29, 0.717) is 18.7 Å². The van der Waals surface area contributed by atoms with Crippen molar-refractivity contribution in [3.05, 3.63) is 54.8 Å². The number of oxazole rings is 1. The van der Waals surface area contributed by atoms with Crippen molar-refractivity contribution < 1.29 is 50.2 Å². The molecule has 0 radical (unpaired) electrons. The molecule has 0 spiro atoms. The minimum atomic E-state index is -5.08. The predicted molar refractivity (Wildman–Crippen MR) is 112 cm³/mol. The number of carboxylic acids is 1. The Morgan fingerprint density at radius 1 is 1.22 bits per heavy atom. The highest BCUT2D eigenvalue weighted by atomic mass is 19.4. The fraction of sp³-hybridized carbons (Fsp3) is 0.333. The van der Waals surface area contributed by atoms with E-state index in [1.165, 1.54) is 24.4 Å². The summed E-state index contributed by atoms with van der Waals surface area (Å²) in [7, 11) is 0. The number of nitrogens with one attached hydrogen (secondary N) is 2. The first-order chi connectivity index (χ1) is 17.3. The molecule has 1 fully saturated rings. The average molecular weight is 535 g/mol. The maximum Gasteiger partial charge on any atom is 0.573 e. The fourth-order valence-corrected chi connectivity index (χ4v) is 3.31. The third kappa shape index (κ3) is 8.52. The predicted octanol–water partition coefficient (Wildman–Crippen LogP) is 3.23. The number of amides is 1. The van der Waals surface area contributed by atoms with Crippen molar-refractivity contribution in [2.24, 2.45) is 0 Å². The highest BCUT2D eigenvalue weighted by Gasteiger charge is 2.38. The molecule has 0 aliphatic carbocycles. The summed E-state index contributed by atoms with van der Waals surface area (Å²) in [5.74, 6) is -3.64. The minimum absolute atomic E-state index is 0.100. The lowest BCUT2D eigenvalue weighted by atomic mass is 10.1. The largest absolute Gasteiger partial charge is 0.573 e. The van der Waals surface area contributed by atoms with Gasteiger partial charge in [0.15, 0.2) is 5.76 Å². The molecule has 10 nitrogen and oxygen atoms in total. The number of alkyl halides is 6. The third-order valence-electron chi connectivity index (χ3n) is 4.82. The van der Waals surface area contributed by atoms with Gasteiger partial charge >= 0.3 is 24.4 Å². The van der Waals surface area contributed by atoms with Crippen molar-refractivity contribution >= 4 is 11.9 Å². The molecule has 200 valence electrons. The molecule has 0 saturated carbocycles. The van der Waals surface area contributed by atoms with Crippen molar-refractivity contribution in [2.75, 3.05) is 6.54 Å². The lowest BCUT2D eigenvalue weighted by Crippen LogP contribution is -2.36. The van der Waals surface area contributed by atoms with Crippen LogP contribution < -0.4 is 15.4 Å². The van der Waals surface area contributed by atoms with Gasteiger partial charge < -0.3 is 24.9 Å². The van der Waals surface area contributed by atoms with Crippen LogP contribution >= 0.6 is 0 Å². The molecular weight excluding hydrogens is 516 g/mol. The Bertz CT molecular complexity index is 1200. The number of nitrogens with zero attached hydrogens (tertiary/aromatic N) is 3. The second-order valence-electron chi connectivity index (χ2n) is 7.65. The van der Waals surface area contributed by atoms with Gasteiger partial charge in [-0.15, -0.1) is 13.2 Å². The van der Waals surface area contributed by atoms with Crippen LogP contribution in [0.4, 0.5) is 26.3 Å². The van der Waals surface area contributed by atoms with E-state index >= 15 is 0 Å². The number of hydrogen-bond donors (Lipinski definition) is 3. The monoisotopic (exact) mass is 535 g/mol. The van der Waals surface area contributed by atoms with Crippen LogP contribution in [-0.4, -0.2) is 62.9 Å². The SMILES string of the molecule is O=C(N[C@H]1CN[C@H](Cn2cccn2)C1)c1ncc(-c2cccc(OC(F)(F)F)c2)o1.O=C(O)C(F)(F)F. The second-order valence-corrected chi connectivity index (χ2v) is 7.65. The molecule has 1 saturated heterocycles. The Balaban J connectivity index is 0.000000479. The summed E-state index contributed by atoms with van der Waals surface area (Å²) in [5, 5.41) is 17.5. The van der Waals surface area contributed by atoms with E-state index in [0.717, 1.165) is 12.5 Å². The zero-order valence-corrected chi connectivity index (χ0v) is 18.6. The van der Waals surface area contributed by atoms with E-state index in [9.17, 15) is 31.1 Å². The van der Waals surface area contributed by atoms with Gasteiger partial charge in [-0.2, -0.15) is 18.3 Å². The Labute approximate surface area is 204 Å². The quantitative estimate of drug-likeness (QED) is 0.410. The minimum Gasteiger partial charge on any atom is -0.475 e. The summed E-state index contributed by atoms with van der Waals surface area (Å²) in [6.07, 6.45) is -4.30. The number of rotatable bonds is 6. The highest BCUT2D eigenvalue weighted by Crippen LogP contribution is 2.28. The molecule has 37 heavy (non-hydrogen) atoms. The maximum absolute atomic E-state index is 12.4. The first-order valence-electron chi connectivity index (χ1n) is 10.4. The normalized spacial score (nSPS) is 17.6. The van der Waals surface area contributed by atoms with Gasteiger partial charge in [0, 0.05) is 36.6 Å². The highest BCUT2D eigenvalue weighted by molar-refractivity contribution is 5.90. The molecule has 4 rings (SSSR count). The molecule has 1 aromatic carbocycles. The number of ether oxygens (including phenoxy) is 1. The van der Waals surface area contributed by atoms with E-state index in [1.54, 1.807) is 6.20 Å². The Morgan fingerprint density at radius 2 is 1.95 bits per heavy atom. The van der Waals surface area contributed by atoms with Gasteiger partial charge in [-0.25, -0.2) is 9.78 Å². The van der Waals surface area contributed by atoms with Crippen LogP contribution in [-0.2, 0) is 11.3 Å². The fourth-order valence-electron chi connectivity index (χ4n) is 3.31. The van der Waals surface area contributed by atoms with E-state index in [4.69, 9.17) is 14.3 Å². The van der Waals surface area contributed by atoms with E-state index in [-0.39, 0.29) is 29.5 Å². The van der Waals surface area contributed by atoms with Crippen LogP contribution in [0.5, 0.6) is 5.75 Å². The first kappa shape index (κ1) is 27.5. The Morgan fingerprint density at radius 3 is 2.57 bits per heavy atom. The molecule has 3 heterocycles. The van der Waals surface area contributed by atoms with E-state index < -0.39 is 24.4 Å². The van der Waals surface area contributed by atoms with Crippen LogP contribution in [0.3, 0.4) is 0 Å². The standard InChI is InChI=1S/C19H18F3N5O3.C2HF3O2/c20-19(21,22)30-15-4-1-3-12(7-15)16-10-24-18(29-16)17(28)26-13-8-14(23-9-13)11-27-6-2-5-25-27;3-2(4,5)1(6)7/h1-7,10,13-14,23H,8-9,11H2,(H,26,28);(H,6,7)/t13-,14+;/m1./s1. The molecule has 2 aromatic heterocycles. The Kier molecular flexibility index (Phi) is 8.42.